The maximum Gasteiger partial charge on any atom is 0.295 e. The molecule has 0 bridgehead atoms. The summed E-state index contributed by atoms with van der Waals surface area (Å²) in [7, 11) is 1.59. The van der Waals surface area contributed by atoms with Gasteiger partial charge in [-0.15, -0.1) is 0 Å². The smallest absolute Gasteiger partial charge is 0.295 e. The second-order valence-corrected chi connectivity index (χ2v) is 10.2. The van der Waals surface area contributed by atoms with Gasteiger partial charge in [0.1, 0.15) is 5.58 Å². The molecule has 0 saturated carbocycles. The first-order valence-corrected chi connectivity index (χ1v) is 13.8. The van der Waals surface area contributed by atoms with Crippen LogP contribution in [0.3, 0.4) is 0 Å². The van der Waals surface area contributed by atoms with Gasteiger partial charge in [0.15, 0.2) is 16.9 Å². The number of halogens is 1. The van der Waals surface area contributed by atoms with Crippen molar-refractivity contribution >= 4 is 34.2 Å². The monoisotopic (exact) mass is 545 g/mol. The van der Waals surface area contributed by atoms with Gasteiger partial charge in [0.2, 0.25) is 5.76 Å². The van der Waals surface area contributed by atoms with Gasteiger partial charge in [0.05, 0.1) is 30.7 Å². The molecule has 0 N–H and O–H groups in total. The van der Waals surface area contributed by atoms with Gasteiger partial charge >= 0.3 is 0 Å². The molecule has 0 fully saturated rings. The number of unbranched alkanes of at least 4 members (excludes halogenated alkanes) is 3. The summed E-state index contributed by atoms with van der Waals surface area (Å²) in [4.78, 5) is 29.4. The molecule has 39 heavy (non-hydrogen) atoms. The van der Waals surface area contributed by atoms with Crippen LogP contribution in [0.4, 0.5) is 5.69 Å². The van der Waals surface area contributed by atoms with Crippen molar-refractivity contribution in [1.82, 2.24) is 0 Å². The zero-order chi connectivity index (χ0) is 27.5. The summed E-state index contributed by atoms with van der Waals surface area (Å²) < 4.78 is 17.8. The number of anilines is 1. The number of hydrogen-bond donors (Lipinski definition) is 0. The van der Waals surface area contributed by atoms with E-state index >= 15 is 0 Å². The van der Waals surface area contributed by atoms with Crippen LogP contribution in [0.15, 0.2) is 69.9 Å². The first-order valence-electron chi connectivity index (χ1n) is 13.5. The molecular formula is C32H32ClNO5. The summed E-state index contributed by atoms with van der Waals surface area (Å²) in [6.07, 6.45) is 5.28. The van der Waals surface area contributed by atoms with Crippen LogP contribution in [0, 0.1) is 0 Å². The highest BCUT2D eigenvalue weighted by atomic mass is 35.5. The highest BCUT2D eigenvalue weighted by molar-refractivity contribution is 6.31. The molecular weight excluding hydrogens is 514 g/mol. The summed E-state index contributed by atoms with van der Waals surface area (Å²) in [5, 5.41) is 0.756. The molecule has 1 atom stereocenters. The van der Waals surface area contributed by atoms with Crippen LogP contribution in [0.25, 0.3) is 11.0 Å². The minimum Gasteiger partial charge on any atom is -0.493 e. The van der Waals surface area contributed by atoms with Crippen LogP contribution >= 0.6 is 11.6 Å². The van der Waals surface area contributed by atoms with Crippen LogP contribution in [-0.4, -0.2) is 19.6 Å². The zero-order valence-electron chi connectivity index (χ0n) is 22.5. The van der Waals surface area contributed by atoms with Crippen molar-refractivity contribution in [2.45, 2.75) is 52.0 Å². The third-order valence-electron chi connectivity index (χ3n) is 7.21. The first-order chi connectivity index (χ1) is 19.0. The van der Waals surface area contributed by atoms with E-state index in [9.17, 15) is 9.59 Å². The first kappa shape index (κ1) is 26.8. The Morgan fingerprint density at radius 3 is 2.44 bits per heavy atom. The van der Waals surface area contributed by atoms with Gasteiger partial charge in [-0.05, 0) is 66.4 Å². The molecule has 6 nitrogen and oxygen atoms in total. The van der Waals surface area contributed by atoms with Gasteiger partial charge in [-0.3, -0.25) is 14.5 Å². The number of rotatable bonds is 10. The number of aryl methyl sites for hydroxylation is 1. The van der Waals surface area contributed by atoms with E-state index in [0.717, 1.165) is 31.2 Å². The number of hydrogen-bond acceptors (Lipinski definition) is 5. The Hall–Kier alpha value is -3.77. The van der Waals surface area contributed by atoms with Crippen LogP contribution in [0.1, 0.15) is 72.8 Å². The standard InChI is InChI=1S/C32H32ClNO5/c1-4-6-7-8-17-38-26-15-11-21(18-27(26)37-3)29-28-30(35)24-19-22(33)12-16-25(24)39-31(28)32(36)34(29)23-13-9-20(5-2)10-14-23/h9-16,18-19,29H,4-8,17H2,1-3H3. The van der Waals surface area contributed by atoms with Gasteiger partial charge in [-0.2, -0.15) is 0 Å². The summed E-state index contributed by atoms with van der Waals surface area (Å²) >= 11 is 6.22. The predicted octanol–water partition coefficient (Wildman–Crippen LogP) is 7.73. The number of amides is 1. The molecule has 0 spiro atoms. The summed E-state index contributed by atoms with van der Waals surface area (Å²) in [5.74, 6) is 0.829. The minimum atomic E-state index is -0.716. The quantitative estimate of drug-likeness (QED) is 0.191. The number of nitrogens with zero attached hydrogens (tertiary/aromatic N) is 1. The highest BCUT2D eigenvalue weighted by Gasteiger charge is 2.44. The molecule has 0 aliphatic carbocycles. The van der Waals surface area contributed by atoms with Crippen molar-refractivity contribution < 1.29 is 18.7 Å². The molecule has 1 unspecified atom stereocenters. The molecule has 202 valence electrons. The maximum absolute atomic E-state index is 13.9. The number of ether oxygens (including phenoxy) is 2. The van der Waals surface area contributed by atoms with Gasteiger partial charge in [-0.25, -0.2) is 0 Å². The van der Waals surface area contributed by atoms with Gasteiger partial charge < -0.3 is 13.9 Å². The molecule has 2 heterocycles. The fourth-order valence-corrected chi connectivity index (χ4v) is 5.28. The number of fused-ring (bicyclic) bond motifs is 2. The van der Waals surface area contributed by atoms with Gasteiger partial charge in [0.25, 0.3) is 5.91 Å². The highest BCUT2D eigenvalue weighted by Crippen LogP contribution is 2.43. The Kier molecular flexibility index (Phi) is 7.94. The third kappa shape index (κ3) is 5.13. The molecule has 3 aromatic carbocycles. The largest absolute Gasteiger partial charge is 0.493 e. The van der Waals surface area contributed by atoms with Crippen molar-refractivity contribution in [2.24, 2.45) is 0 Å². The maximum atomic E-state index is 13.9. The Morgan fingerprint density at radius 1 is 0.923 bits per heavy atom. The van der Waals surface area contributed by atoms with Crippen molar-refractivity contribution in [3.63, 3.8) is 0 Å². The van der Waals surface area contributed by atoms with E-state index in [1.807, 2.05) is 42.5 Å². The van der Waals surface area contributed by atoms with Crippen LogP contribution in [-0.2, 0) is 6.42 Å². The predicted molar refractivity (Wildman–Crippen MR) is 155 cm³/mol. The van der Waals surface area contributed by atoms with Crippen molar-refractivity contribution in [3.8, 4) is 11.5 Å². The number of carbonyl (C=O) groups excluding carboxylic acids is 1. The molecule has 5 rings (SSSR count). The second kappa shape index (κ2) is 11.5. The molecule has 1 aliphatic rings. The molecule has 0 saturated heterocycles. The summed E-state index contributed by atoms with van der Waals surface area (Å²) in [6, 6.07) is 17.5. The molecule has 1 amide bonds. The lowest BCUT2D eigenvalue weighted by molar-refractivity contribution is 0.0971. The lowest BCUT2D eigenvalue weighted by atomic mass is 9.97. The van der Waals surface area contributed by atoms with Crippen LogP contribution in [0.5, 0.6) is 11.5 Å². The minimum absolute atomic E-state index is 0.0367. The lowest BCUT2D eigenvalue weighted by Gasteiger charge is -2.26. The Balaban J connectivity index is 1.62. The Labute approximate surface area is 233 Å². The lowest BCUT2D eigenvalue weighted by Crippen LogP contribution is -2.29. The van der Waals surface area contributed by atoms with E-state index in [4.69, 9.17) is 25.5 Å². The molecule has 1 aliphatic heterocycles. The average Bonchev–Trinajstić information content (AvgIpc) is 3.25. The van der Waals surface area contributed by atoms with Crippen molar-refractivity contribution in [3.05, 3.63) is 98.4 Å². The van der Waals surface area contributed by atoms with Crippen molar-refractivity contribution in [2.75, 3.05) is 18.6 Å². The fraction of sp³-hybridized carbons (Fsp3) is 0.312. The number of carbonyl (C=O) groups is 1. The van der Waals surface area contributed by atoms with Gasteiger partial charge in [-0.1, -0.05) is 62.9 Å². The van der Waals surface area contributed by atoms with E-state index in [2.05, 4.69) is 13.8 Å². The normalized spacial score (nSPS) is 14.6. The van der Waals surface area contributed by atoms with Gasteiger partial charge in [0, 0.05) is 10.7 Å². The molecule has 4 aromatic rings. The van der Waals surface area contributed by atoms with E-state index in [0.29, 0.717) is 45.3 Å². The summed E-state index contributed by atoms with van der Waals surface area (Å²) in [5.41, 5.74) is 2.86. The topological polar surface area (TPSA) is 69.0 Å². The van der Waals surface area contributed by atoms with E-state index in [1.54, 1.807) is 30.2 Å². The fourth-order valence-electron chi connectivity index (χ4n) is 5.10. The average molecular weight is 546 g/mol. The van der Waals surface area contributed by atoms with E-state index in [-0.39, 0.29) is 22.7 Å². The second-order valence-electron chi connectivity index (χ2n) is 9.73. The third-order valence-corrected chi connectivity index (χ3v) is 7.45. The van der Waals surface area contributed by atoms with Crippen molar-refractivity contribution in [1.29, 1.82) is 0 Å². The van der Waals surface area contributed by atoms with Crippen LogP contribution in [0.2, 0.25) is 5.02 Å². The SMILES string of the molecule is CCCCCCOc1ccc(C2c3c(oc4ccc(Cl)cc4c3=O)C(=O)N2c2ccc(CC)cc2)cc1OC. The molecule has 1 aromatic heterocycles. The number of methoxy groups -OCH3 is 1. The zero-order valence-corrected chi connectivity index (χ0v) is 23.2. The van der Waals surface area contributed by atoms with E-state index in [1.165, 1.54) is 6.42 Å². The Morgan fingerprint density at radius 2 is 1.72 bits per heavy atom. The Bertz CT molecular complexity index is 1560. The molecule has 0 radical (unpaired) electrons. The summed E-state index contributed by atoms with van der Waals surface area (Å²) in [6.45, 7) is 4.84. The molecule has 7 heteroatoms. The van der Waals surface area contributed by atoms with Crippen LogP contribution < -0.4 is 19.8 Å². The number of benzene rings is 3. The van der Waals surface area contributed by atoms with E-state index < -0.39 is 6.04 Å².